The second-order valence-corrected chi connectivity index (χ2v) is 43.9. The minimum absolute atomic E-state index is 0.197. The molecular formula is C53H46Cl8Zr. The molecule has 0 amide bonds. The maximum absolute atomic E-state index is 9.09. The first-order valence-corrected chi connectivity index (χ1v) is 33.3. The van der Waals surface area contributed by atoms with Gasteiger partial charge in [-0.1, -0.05) is 0 Å². The van der Waals surface area contributed by atoms with Crippen molar-refractivity contribution in [1.82, 2.24) is 0 Å². The molecule has 2 aliphatic carbocycles. The number of allylic oxidation sites excluding steroid dienone is 4. The fraction of sp³-hybridized carbons (Fsp3) is 0.226. The molecule has 0 atom stereocenters. The topological polar surface area (TPSA) is 0 Å². The van der Waals surface area contributed by atoms with Crippen molar-refractivity contribution in [1.29, 1.82) is 0 Å². The number of hydrogen-bond acceptors (Lipinski definition) is 0. The Hall–Kier alpha value is -2.13. The summed E-state index contributed by atoms with van der Waals surface area (Å²) in [5.74, 6) is 0. The van der Waals surface area contributed by atoms with Gasteiger partial charge in [0.15, 0.2) is 0 Å². The molecule has 0 spiro atoms. The van der Waals surface area contributed by atoms with Gasteiger partial charge >= 0.3 is 409 Å². The van der Waals surface area contributed by atoms with Crippen LogP contribution in [0.5, 0.6) is 0 Å². The van der Waals surface area contributed by atoms with E-state index in [-0.39, 0.29) is 14.5 Å². The Bertz CT molecular complexity index is 2630. The van der Waals surface area contributed by atoms with Crippen molar-refractivity contribution in [3.8, 4) is 33.4 Å². The van der Waals surface area contributed by atoms with E-state index in [0.717, 1.165) is 58.8 Å². The molecule has 0 heterocycles. The quantitative estimate of drug-likeness (QED) is 0.146. The van der Waals surface area contributed by atoms with Crippen LogP contribution in [0.2, 0.25) is 3.63 Å². The van der Waals surface area contributed by atoms with Gasteiger partial charge in [-0.2, -0.15) is 0 Å². The maximum atomic E-state index is 9.09. The van der Waals surface area contributed by atoms with Crippen molar-refractivity contribution in [2.24, 2.45) is 0 Å². The molecule has 0 fully saturated rings. The molecule has 0 saturated heterocycles. The standard InChI is InChI=1S/C33H33.C15H8Cl6.C5H5.2ClH.Zr/c1-32(2,3)30-20-26-24(18-28(30)22-13-9-7-10-14-22)17-25-19-29(23-15-11-8-12-16-23)31(21-27(25)26)33(4,5)6;16-14(17,18)12-5-1-10(2-6-12)9-11-3-7-13(8-4-11)15(19,20)21;1-2-4-5-3-1;;;/h7-21H,1-6H3;1-8H;1-5H;2*1H;/q;;;;;+2/p-2. The average Bonchev–Trinajstić information content (AvgIpc) is 3.88. The molecule has 0 N–H and O–H groups in total. The van der Waals surface area contributed by atoms with E-state index in [1.54, 1.807) is 0 Å². The van der Waals surface area contributed by atoms with Gasteiger partial charge in [-0.25, -0.2) is 0 Å². The second kappa shape index (κ2) is 16.6. The van der Waals surface area contributed by atoms with Crippen LogP contribution in [0.15, 0.2) is 158 Å². The average molecular weight is 1060 g/mol. The van der Waals surface area contributed by atoms with Gasteiger partial charge in [-0.3, -0.25) is 0 Å². The number of benzene rings is 6. The third kappa shape index (κ3) is 8.45. The molecule has 62 heavy (non-hydrogen) atoms. The molecule has 9 heteroatoms. The molecule has 2 aliphatic rings. The van der Waals surface area contributed by atoms with Crippen LogP contribution >= 0.6 is 86.6 Å². The van der Waals surface area contributed by atoms with Crippen LogP contribution < -0.4 is 0 Å². The summed E-state index contributed by atoms with van der Waals surface area (Å²) >= 11 is 32.8. The van der Waals surface area contributed by atoms with Crippen LogP contribution in [0.3, 0.4) is 0 Å². The zero-order valence-corrected chi connectivity index (χ0v) is 43.7. The first-order chi connectivity index (χ1) is 29.0. The van der Waals surface area contributed by atoms with E-state index in [1.165, 1.54) is 11.1 Å². The molecule has 0 aliphatic heterocycles. The molecule has 6 aromatic rings. The van der Waals surface area contributed by atoms with Crippen molar-refractivity contribution in [3.05, 3.63) is 202 Å². The summed E-state index contributed by atoms with van der Waals surface area (Å²) in [6.45, 7) is 13.7. The second-order valence-electron chi connectivity index (χ2n) is 18.6. The number of alkyl halides is 6. The van der Waals surface area contributed by atoms with Gasteiger partial charge in [0.25, 0.3) is 0 Å². The van der Waals surface area contributed by atoms with Crippen molar-refractivity contribution in [2.45, 2.75) is 67.2 Å². The Morgan fingerprint density at radius 2 is 0.806 bits per heavy atom. The Kier molecular flexibility index (Phi) is 12.5. The van der Waals surface area contributed by atoms with E-state index < -0.39 is 27.1 Å². The molecule has 0 aromatic heterocycles. The predicted molar refractivity (Wildman–Crippen MR) is 270 cm³/mol. The molecule has 0 saturated carbocycles. The van der Waals surface area contributed by atoms with Crippen LogP contribution in [0.4, 0.5) is 0 Å². The van der Waals surface area contributed by atoms with E-state index in [0.29, 0.717) is 11.1 Å². The monoisotopic (exact) mass is 1050 g/mol. The Morgan fingerprint density at radius 3 is 1.13 bits per heavy atom. The van der Waals surface area contributed by atoms with E-state index in [1.807, 2.05) is 48.5 Å². The molecule has 318 valence electrons. The first kappa shape index (κ1) is 46.4. The van der Waals surface area contributed by atoms with Crippen LogP contribution in [-0.4, -0.2) is 3.21 Å². The number of rotatable bonds is 6. The zero-order chi connectivity index (χ0) is 44.6. The van der Waals surface area contributed by atoms with Crippen molar-refractivity contribution in [3.63, 3.8) is 0 Å². The van der Waals surface area contributed by atoms with Gasteiger partial charge in [0.1, 0.15) is 0 Å². The molecular weight excluding hydrogens is 1010 g/mol. The molecule has 0 radical (unpaired) electrons. The van der Waals surface area contributed by atoms with Gasteiger partial charge in [0, 0.05) is 0 Å². The summed E-state index contributed by atoms with van der Waals surface area (Å²) in [6, 6.07) is 46.1. The van der Waals surface area contributed by atoms with Crippen molar-refractivity contribution in [2.75, 3.05) is 0 Å². The van der Waals surface area contributed by atoms with Gasteiger partial charge in [-0.05, 0) is 0 Å². The summed E-state index contributed by atoms with van der Waals surface area (Å²) < 4.78 is -3.19. The first-order valence-electron chi connectivity index (χ1n) is 20.6. The van der Waals surface area contributed by atoms with Crippen molar-refractivity contribution >= 4 is 89.8 Å². The van der Waals surface area contributed by atoms with E-state index in [2.05, 4.69) is 151 Å². The fourth-order valence-corrected chi connectivity index (χ4v) is 29.6. The zero-order valence-electron chi connectivity index (χ0n) is 35.2. The summed E-state index contributed by atoms with van der Waals surface area (Å²) in [4.78, 5) is 0. The van der Waals surface area contributed by atoms with E-state index in [4.69, 9.17) is 86.6 Å². The summed E-state index contributed by atoms with van der Waals surface area (Å²) in [5, 5.41) is 0. The van der Waals surface area contributed by atoms with Gasteiger partial charge in [0.05, 0.1) is 0 Å². The summed E-state index contributed by atoms with van der Waals surface area (Å²) in [5.41, 5.74) is 13.9. The van der Waals surface area contributed by atoms with E-state index >= 15 is 0 Å². The predicted octanol–water partition coefficient (Wildman–Crippen LogP) is 18.5. The number of fused-ring (bicyclic) bond motifs is 3. The van der Waals surface area contributed by atoms with Crippen molar-refractivity contribution < 1.29 is 15.9 Å². The van der Waals surface area contributed by atoms with Gasteiger partial charge in [-0.15, -0.1) is 0 Å². The van der Waals surface area contributed by atoms with Gasteiger partial charge in [0.2, 0.25) is 0 Å². The third-order valence-electron chi connectivity index (χ3n) is 12.4. The number of halogens is 8. The summed E-state index contributed by atoms with van der Waals surface area (Å²) in [7, 11) is 18.2. The van der Waals surface area contributed by atoms with Gasteiger partial charge < -0.3 is 0 Å². The Morgan fingerprint density at radius 1 is 0.452 bits per heavy atom. The fourth-order valence-electron chi connectivity index (χ4n) is 9.53. The SMILES string of the molecule is CC(C)(C)c1cc2c(cc1-c1ccccc1)[CH]([Zr]([Cl])([Cl])(=[C](c1ccc(C(Cl)(Cl)Cl)cc1)c1ccc(C(Cl)(Cl)Cl)cc1)[CH]1C=CC=C1)c1cc(-c3ccccc3)c(C(C)(C)C)cc1-2. The molecule has 6 aromatic carbocycles. The molecule has 0 bridgehead atoms. The normalized spacial score (nSPS) is 15.0. The molecule has 0 unspecified atom stereocenters. The van der Waals surface area contributed by atoms with E-state index in [9.17, 15) is 0 Å². The van der Waals surface area contributed by atoms with Crippen LogP contribution in [0.1, 0.15) is 89.7 Å². The van der Waals surface area contributed by atoms with Crippen LogP contribution in [-0.2, 0) is 34.3 Å². The minimum atomic E-state index is -5.97. The van der Waals surface area contributed by atoms with Crippen LogP contribution in [0, 0.1) is 0 Å². The molecule has 0 nitrogen and oxygen atoms in total. The number of hydrogen-bond donors (Lipinski definition) is 0. The van der Waals surface area contributed by atoms with Crippen LogP contribution in [0.25, 0.3) is 33.4 Å². The third-order valence-corrected chi connectivity index (χ3v) is 33.4. The Balaban J connectivity index is 1.60. The summed E-state index contributed by atoms with van der Waals surface area (Å²) in [6.07, 6.45) is 8.48. The Labute approximate surface area is 404 Å². The molecule has 8 rings (SSSR count).